The van der Waals surface area contributed by atoms with E-state index in [4.69, 9.17) is 61.7 Å². The first-order chi connectivity index (χ1) is 17.8. The van der Waals surface area contributed by atoms with Crippen LogP contribution < -0.4 is 10.6 Å². The fraction of sp³-hybridized carbons (Fsp3) is 0.375. The van der Waals surface area contributed by atoms with Gasteiger partial charge in [-0.25, -0.2) is 0 Å². The summed E-state index contributed by atoms with van der Waals surface area (Å²) in [7, 11) is 0. The number of nitrogens with zero attached hydrogens (tertiary/aromatic N) is 2. The van der Waals surface area contributed by atoms with Crippen LogP contribution in [0.2, 0.25) is 20.1 Å². The molecule has 14 heteroatoms. The number of anilines is 1. The number of hydrogen-bond donors (Lipinski definition) is 1. The molecule has 2 fully saturated rings. The van der Waals surface area contributed by atoms with Crippen LogP contribution in [0.3, 0.4) is 0 Å². The highest BCUT2D eigenvalue weighted by Crippen LogP contribution is 2.51. The second-order valence-corrected chi connectivity index (χ2v) is 11.0. The zero-order valence-electron chi connectivity index (χ0n) is 19.3. The molecule has 2 aromatic carbocycles. The number of ether oxygens (including phenoxy) is 1. The van der Waals surface area contributed by atoms with Crippen LogP contribution in [0.4, 0.5) is 18.9 Å². The van der Waals surface area contributed by atoms with Crippen LogP contribution in [-0.2, 0) is 24.8 Å². The molecule has 2 aliphatic heterocycles. The predicted molar refractivity (Wildman–Crippen MR) is 136 cm³/mol. The van der Waals surface area contributed by atoms with Crippen molar-refractivity contribution in [3.8, 4) is 0 Å². The molecule has 1 saturated heterocycles. The lowest BCUT2D eigenvalue weighted by atomic mass is 9.86. The number of benzene rings is 2. The lowest BCUT2D eigenvalue weighted by Crippen LogP contribution is -2.52. The smallest absolute Gasteiger partial charge is 0.435 e. The van der Waals surface area contributed by atoms with Gasteiger partial charge in [0.25, 0.3) is 11.5 Å². The predicted octanol–water partition coefficient (Wildman–Crippen LogP) is 5.88. The maximum Gasteiger partial charge on any atom is 0.435 e. The number of esters is 1. The van der Waals surface area contributed by atoms with Gasteiger partial charge in [-0.3, -0.25) is 9.59 Å². The second-order valence-electron chi connectivity index (χ2n) is 9.43. The molecule has 3 aliphatic rings. The van der Waals surface area contributed by atoms with Gasteiger partial charge in [-0.1, -0.05) is 57.6 Å². The van der Waals surface area contributed by atoms with Crippen molar-refractivity contribution in [2.75, 3.05) is 18.0 Å². The highest BCUT2D eigenvalue weighted by molar-refractivity contribution is 6.48. The molecule has 1 amide bonds. The topological polar surface area (TPSA) is 94.2 Å². The average Bonchev–Trinajstić information content (AvgIpc) is 3.43. The van der Waals surface area contributed by atoms with Crippen molar-refractivity contribution in [3.63, 3.8) is 0 Å². The molecule has 7 nitrogen and oxygen atoms in total. The van der Waals surface area contributed by atoms with E-state index in [1.807, 2.05) is 4.90 Å². The van der Waals surface area contributed by atoms with Crippen LogP contribution in [0.25, 0.3) is 0 Å². The molecule has 2 N–H and O–H groups in total. The molecule has 0 aromatic heterocycles. The number of primary amides is 1. The molecule has 0 radical (unpaired) electrons. The van der Waals surface area contributed by atoms with E-state index in [1.54, 1.807) is 12.1 Å². The molecule has 0 spiro atoms. The molecule has 2 heterocycles. The highest BCUT2D eigenvalue weighted by atomic mass is 35.5. The number of carbonyl (C=O) groups is 2. The third-order valence-electron chi connectivity index (χ3n) is 6.92. The zero-order chi connectivity index (χ0) is 27.6. The Morgan fingerprint density at radius 1 is 1.05 bits per heavy atom. The van der Waals surface area contributed by atoms with Crippen LogP contribution in [0, 0.1) is 5.92 Å². The molecular formula is C24H18Cl4F3N3O4. The summed E-state index contributed by atoms with van der Waals surface area (Å²) >= 11 is 24.3. The average molecular weight is 611 g/mol. The summed E-state index contributed by atoms with van der Waals surface area (Å²) in [4.78, 5) is 30.7. The fourth-order valence-electron chi connectivity index (χ4n) is 4.40. The number of hydrogen-bond acceptors (Lipinski definition) is 6. The minimum absolute atomic E-state index is 0.0178. The Labute approximate surface area is 234 Å². The molecule has 5 rings (SSSR count). The van der Waals surface area contributed by atoms with E-state index in [2.05, 4.69) is 5.16 Å². The minimum Gasteiger partial charge on any atom is -0.449 e. The van der Waals surface area contributed by atoms with E-state index in [0.717, 1.165) is 12.1 Å². The van der Waals surface area contributed by atoms with Crippen molar-refractivity contribution >= 4 is 69.7 Å². The first-order valence-electron chi connectivity index (χ1n) is 11.3. The molecule has 202 valence electrons. The van der Waals surface area contributed by atoms with Crippen molar-refractivity contribution in [1.29, 1.82) is 0 Å². The standard InChI is InChI=1S/C24H18Cl4F3N3O4/c25-14-5-11(1-2-18(14)34-9-12(10-34)20(35)37-22(3-4-22)21(32)36)17-8-23(38-33-17,24(29,30)31)13-6-15(26)19(28)16(27)7-13/h1-2,5-7,12H,3-4,8-10H2,(H2,32,36). The van der Waals surface area contributed by atoms with Gasteiger partial charge in [-0.05, 0) is 24.3 Å². The summed E-state index contributed by atoms with van der Waals surface area (Å²) in [5.41, 5.74) is 1.87. The number of carbonyl (C=O) groups excluding carboxylic acids is 2. The van der Waals surface area contributed by atoms with Gasteiger partial charge < -0.3 is 20.2 Å². The Hall–Kier alpha value is -2.40. The van der Waals surface area contributed by atoms with Crippen molar-refractivity contribution in [2.45, 2.75) is 36.6 Å². The molecule has 2 aromatic rings. The van der Waals surface area contributed by atoms with Gasteiger partial charge in [-0.2, -0.15) is 13.2 Å². The van der Waals surface area contributed by atoms with Crippen LogP contribution in [-0.4, -0.2) is 42.5 Å². The quantitative estimate of drug-likeness (QED) is 0.326. The minimum atomic E-state index is -4.86. The van der Waals surface area contributed by atoms with E-state index in [1.165, 1.54) is 6.07 Å². The molecule has 1 unspecified atom stereocenters. The molecule has 38 heavy (non-hydrogen) atoms. The van der Waals surface area contributed by atoms with Gasteiger partial charge in [0, 0.05) is 43.5 Å². The Kier molecular flexibility index (Phi) is 6.69. The van der Waals surface area contributed by atoms with E-state index in [9.17, 15) is 22.8 Å². The van der Waals surface area contributed by atoms with Gasteiger partial charge in [0.1, 0.15) is 0 Å². The van der Waals surface area contributed by atoms with Gasteiger partial charge in [0.15, 0.2) is 5.60 Å². The summed E-state index contributed by atoms with van der Waals surface area (Å²) in [6.07, 6.45) is -4.69. The van der Waals surface area contributed by atoms with Crippen molar-refractivity contribution in [2.24, 2.45) is 16.8 Å². The highest BCUT2D eigenvalue weighted by Gasteiger charge is 2.62. The number of amides is 1. The van der Waals surface area contributed by atoms with Crippen molar-refractivity contribution in [3.05, 3.63) is 61.5 Å². The van der Waals surface area contributed by atoms with Gasteiger partial charge in [0.2, 0.25) is 0 Å². The molecule has 1 saturated carbocycles. The summed E-state index contributed by atoms with van der Waals surface area (Å²) in [6.45, 7) is 0.595. The third-order valence-corrected chi connectivity index (χ3v) is 8.42. The van der Waals surface area contributed by atoms with E-state index >= 15 is 0 Å². The summed E-state index contributed by atoms with van der Waals surface area (Å²) in [5, 5.41) is 3.60. The molecular weight excluding hydrogens is 593 g/mol. The Morgan fingerprint density at radius 3 is 2.21 bits per heavy atom. The number of nitrogens with two attached hydrogens (primary N) is 1. The Bertz CT molecular complexity index is 1350. The number of halogens is 7. The van der Waals surface area contributed by atoms with E-state index in [0.29, 0.717) is 37.2 Å². The zero-order valence-corrected chi connectivity index (χ0v) is 22.3. The van der Waals surface area contributed by atoms with E-state index < -0.39 is 41.6 Å². The number of rotatable bonds is 6. The largest absolute Gasteiger partial charge is 0.449 e. The Morgan fingerprint density at radius 2 is 1.68 bits per heavy atom. The Balaban J connectivity index is 1.30. The van der Waals surface area contributed by atoms with Crippen molar-refractivity contribution < 1.29 is 32.3 Å². The van der Waals surface area contributed by atoms with Crippen LogP contribution in [0.5, 0.6) is 0 Å². The number of alkyl halides is 3. The van der Waals surface area contributed by atoms with Gasteiger partial charge in [-0.15, -0.1) is 0 Å². The third kappa shape index (κ3) is 4.55. The monoisotopic (exact) mass is 609 g/mol. The van der Waals surface area contributed by atoms with Crippen LogP contribution in [0.1, 0.15) is 30.4 Å². The summed E-state index contributed by atoms with van der Waals surface area (Å²) < 4.78 is 48.2. The first-order valence-corrected chi connectivity index (χ1v) is 12.8. The molecule has 1 aliphatic carbocycles. The van der Waals surface area contributed by atoms with Gasteiger partial charge in [0.05, 0.1) is 37.4 Å². The van der Waals surface area contributed by atoms with Crippen LogP contribution in [0.15, 0.2) is 35.5 Å². The van der Waals surface area contributed by atoms with Crippen molar-refractivity contribution in [1.82, 2.24) is 0 Å². The molecule has 1 atom stereocenters. The van der Waals surface area contributed by atoms with E-state index in [-0.39, 0.29) is 31.4 Å². The lowest BCUT2D eigenvalue weighted by molar-refractivity contribution is -0.275. The maximum atomic E-state index is 14.3. The van der Waals surface area contributed by atoms with Gasteiger partial charge >= 0.3 is 12.1 Å². The summed E-state index contributed by atoms with van der Waals surface area (Å²) in [6, 6.07) is 6.77. The normalized spacial score (nSPS) is 22.4. The number of oxime groups is 1. The van der Waals surface area contributed by atoms with Crippen LogP contribution >= 0.6 is 46.4 Å². The maximum absolute atomic E-state index is 14.3. The summed E-state index contributed by atoms with van der Waals surface area (Å²) in [5.74, 6) is -1.62. The lowest BCUT2D eigenvalue weighted by Gasteiger charge is -2.40. The second kappa shape index (κ2) is 9.36. The SMILES string of the molecule is NC(=O)C1(OC(=O)C2CN(c3ccc(C4=NOC(c5cc(Cl)c(Cl)c(Cl)c5)(C(F)(F)F)C4)cc3Cl)C2)CC1. The first kappa shape index (κ1) is 27.2. The molecule has 0 bridgehead atoms. The fourth-order valence-corrected chi connectivity index (χ4v) is 5.30.